The van der Waals surface area contributed by atoms with Gasteiger partial charge in [-0.25, -0.2) is 0 Å². The standard InChI is InChI=1S/C23H30ClN3O2/c1-14-9-17(22(28)25-4)10-15(2)21(14)12-19(27(5)6)13-26-23(29)20-8-7-18(24)11-16(20)3/h7-11,19H,12-13H2,1-6H3,(H,25,28)(H,26,29)/t19-/m0/s1. The molecule has 1 atom stereocenters. The second kappa shape index (κ2) is 9.90. The van der Waals surface area contributed by atoms with Crippen molar-refractivity contribution in [2.75, 3.05) is 27.7 Å². The first-order valence-electron chi connectivity index (χ1n) is 9.67. The second-order valence-corrected chi connectivity index (χ2v) is 8.09. The first-order valence-corrected chi connectivity index (χ1v) is 10.0. The first kappa shape index (κ1) is 22.9. The predicted molar refractivity (Wildman–Crippen MR) is 119 cm³/mol. The molecule has 0 spiro atoms. The maximum Gasteiger partial charge on any atom is 0.251 e. The molecule has 2 N–H and O–H groups in total. The number of nitrogens with zero attached hydrogens (tertiary/aromatic N) is 1. The van der Waals surface area contributed by atoms with E-state index in [0.717, 1.165) is 23.1 Å². The Labute approximate surface area is 178 Å². The summed E-state index contributed by atoms with van der Waals surface area (Å²) in [6.45, 7) is 6.45. The quantitative estimate of drug-likeness (QED) is 0.727. The van der Waals surface area contributed by atoms with Crippen LogP contribution >= 0.6 is 11.6 Å². The van der Waals surface area contributed by atoms with E-state index in [9.17, 15) is 9.59 Å². The van der Waals surface area contributed by atoms with Gasteiger partial charge >= 0.3 is 0 Å². The summed E-state index contributed by atoms with van der Waals surface area (Å²) in [5.74, 6) is -0.188. The number of halogens is 1. The highest BCUT2D eigenvalue weighted by Gasteiger charge is 2.18. The Morgan fingerprint density at radius 2 is 1.62 bits per heavy atom. The summed E-state index contributed by atoms with van der Waals surface area (Å²) in [6, 6.07) is 9.24. The molecule has 29 heavy (non-hydrogen) atoms. The Morgan fingerprint density at radius 3 is 2.14 bits per heavy atom. The molecule has 5 nitrogen and oxygen atoms in total. The van der Waals surface area contributed by atoms with Crippen molar-refractivity contribution in [1.29, 1.82) is 0 Å². The van der Waals surface area contributed by atoms with E-state index in [2.05, 4.69) is 15.5 Å². The molecule has 0 saturated carbocycles. The molecule has 2 amide bonds. The largest absolute Gasteiger partial charge is 0.355 e. The molecule has 6 heteroatoms. The van der Waals surface area contributed by atoms with Crippen LogP contribution < -0.4 is 10.6 Å². The minimum atomic E-state index is -0.102. The fraction of sp³-hybridized carbons (Fsp3) is 0.391. The summed E-state index contributed by atoms with van der Waals surface area (Å²) in [5.41, 5.74) is 5.51. The topological polar surface area (TPSA) is 61.4 Å². The van der Waals surface area contributed by atoms with Gasteiger partial charge in [0.05, 0.1) is 0 Å². The van der Waals surface area contributed by atoms with Crippen molar-refractivity contribution in [3.63, 3.8) is 0 Å². The zero-order valence-corrected chi connectivity index (χ0v) is 18.8. The molecule has 0 aliphatic rings. The number of aryl methyl sites for hydroxylation is 3. The summed E-state index contributed by atoms with van der Waals surface area (Å²) in [6.07, 6.45) is 0.776. The van der Waals surface area contributed by atoms with E-state index in [1.165, 1.54) is 5.56 Å². The zero-order chi connectivity index (χ0) is 21.7. The number of hydrogen-bond acceptors (Lipinski definition) is 3. The van der Waals surface area contributed by atoms with Crippen LogP contribution in [0.1, 0.15) is 43.0 Å². The molecule has 2 aromatic carbocycles. The van der Waals surface area contributed by atoms with Gasteiger partial charge in [0.2, 0.25) is 0 Å². The normalized spacial score (nSPS) is 12.0. The third-order valence-corrected chi connectivity index (χ3v) is 5.52. The molecule has 0 radical (unpaired) electrons. The van der Waals surface area contributed by atoms with Gasteiger partial charge in [-0.15, -0.1) is 0 Å². The van der Waals surface area contributed by atoms with Gasteiger partial charge in [0, 0.05) is 35.8 Å². The zero-order valence-electron chi connectivity index (χ0n) is 18.0. The number of rotatable bonds is 7. The number of benzene rings is 2. The van der Waals surface area contributed by atoms with Crippen molar-refractivity contribution in [2.45, 2.75) is 33.2 Å². The van der Waals surface area contributed by atoms with Crippen LogP contribution in [0.4, 0.5) is 0 Å². The third-order valence-electron chi connectivity index (χ3n) is 5.29. The molecule has 0 unspecified atom stereocenters. The van der Waals surface area contributed by atoms with Gasteiger partial charge in [0.25, 0.3) is 11.8 Å². The number of likely N-dealkylation sites (N-methyl/N-ethyl adjacent to an activating group) is 1. The molecule has 0 fully saturated rings. The van der Waals surface area contributed by atoms with Gasteiger partial charge in [0.15, 0.2) is 0 Å². The summed E-state index contributed by atoms with van der Waals surface area (Å²) in [7, 11) is 5.65. The molecule has 2 aromatic rings. The van der Waals surface area contributed by atoms with Crippen molar-refractivity contribution in [2.24, 2.45) is 0 Å². The van der Waals surface area contributed by atoms with Gasteiger partial charge in [-0.3, -0.25) is 9.59 Å². The van der Waals surface area contributed by atoms with Crippen LogP contribution in [-0.2, 0) is 6.42 Å². The molecular formula is C23H30ClN3O2. The monoisotopic (exact) mass is 415 g/mol. The lowest BCUT2D eigenvalue weighted by molar-refractivity contribution is 0.0938. The molecule has 0 aromatic heterocycles. The van der Waals surface area contributed by atoms with Gasteiger partial charge in [0.1, 0.15) is 0 Å². The smallest absolute Gasteiger partial charge is 0.251 e. The number of carbonyl (C=O) groups is 2. The molecule has 0 aliphatic heterocycles. The Balaban J connectivity index is 2.14. The average molecular weight is 416 g/mol. The van der Waals surface area contributed by atoms with Crippen molar-refractivity contribution in [1.82, 2.24) is 15.5 Å². The van der Waals surface area contributed by atoms with Gasteiger partial charge in [-0.05, 0) is 93.9 Å². The Bertz CT molecular complexity index is 886. The van der Waals surface area contributed by atoms with Crippen molar-refractivity contribution in [3.8, 4) is 0 Å². The van der Waals surface area contributed by atoms with Crippen molar-refractivity contribution in [3.05, 3.63) is 68.7 Å². The lowest BCUT2D eigenvalue weighted by atomic mass is 9.93. The number of carbonyl (C=O) groups excluding carboxylic acids is 2. The van der Waals surface area contributed by atoms with Crippen LogP contribution in [0.2, 0.25) is 5.02 Å². The summed E-state index contributed by atoms with van der Waals surface area (Å²) < 4.78 is 0. The van der Waals surface area contributed by atoms with E-state index >= 15 is 0 Å². The maximum atomic E-state index is 12.6. The van der Waals surface area contributed by atoms with Gasteiger partial charge in [-0.2, -0.15) is 0 Å². The highest BCUT2D eigenvalue weighted by molar-refractivity contribution is 6.30. The van der Waals surface area contributed by atoms with Crippen molar-refractivity contribution >= 4 is 23.4 Å². The van der Waals surface area contributed by atoms with E-state index in [1.54, 1.807) is 25.2 Å². The van der Waals surface area contributed by atoms with E-state index in [4.69, 9.17) is 11.6 Å². The second-order valence-electron chi connectivity index (χ2n) is 7.66. The maximum absolute atomic E-state index is 12.6. The van der Waals surface area contributed by atoms with Crippen LogP contribution in [0.5, 0.6) is 0 Å². The molecule has 2 rings (SSSR count). The highest BCUT2D eigenvalue weighted by Crippen LogP contribution is 2.20. The molecular weight excluding hydrogens is 386 g/mol. The Kier molecular flexibility index (Phi) is 7.82. The number of hydrogen-bond donors (Lipinski definition) is 2. The fourth-order valence-corrected chi connectivity index (χ4v) is 3.68. The lowest BCUT2D eigenvalue weighted by Gasteiger charge is -2.26. The predicted octanol–water partition coefficient (Wildman–Crippen LogP) is 3.53. The molecule has 0 bridgehead atoms. The fourth-order valence-electron chi connectivity index (χ4n) is 3.45. The minimum absolute atomic E-state index is 0.0856. The van der Waals surface area contributed by atoms with E-state index in [-0.39, 0.29) is 17.9 Å². The first-order chi connectivity index (χ1) is 13.6. The summed E-state index contributed by atoms with van der Waals surface area (Å²) in [5, 5.41) is 6.34. The van der Waals surface area contributed by atoms with Crippen LogP contribution in [0.15, 0.2) is 30.3 Å². The SMILES string of the molecule is CNC(=O)c1cc(C)c(C[C@@H](CNC(=O)c2ccc(Cl)cc2C)N(C)C)c(C)c1. The Morgan fingerprint density at radius 1 is 1.00 bits per heavy atom. The van der Waals surface area contributed by atoms with Crippen LogP contribution in [0.25, 0.3) is 0 Å². The minimum Gasteiger partial charge on any atom is -0.355 e. The summed E-state index contributed by atoms with van der Waals surface area (Å²) >= 11 is 5.99. The van der Waals surface area contributed by atoms with E-state index in [0.29, 0.717) is 22.7 Å². The third kappa shape index (κ3) is 5.81. The lowest BCUT2D eigenvalue weighted by Crippen LogP contribution is -2.42. The number of amides is 2. The van der Waals surface area contributed by atoms with Crippen LogP contribution in [-0.4, -0.2) is 50.4 Å². The Hall–Kier alpha value is -2.37. The summed E-state index contributed by atoms with van der Waals surface area (Å²) in [4.78, 5) is 26.7. The molecule has 0 aliphatic carbocycles. The van der Waals surface area contributed by atoms with E-state index in [1.807, 2.05) is 47.0 Å². The van der Waals surface area contributed by atoms with Gasteiger partial charge in [-0.1, -0.05) is 11.6 Å². The van der Waals surface area contributed by atoms with Crippen LogP contribution in [0.3, 0.4) is 0 Å². The highest BCUT2D eigenvalue weighted by atomic mass is 35.5. The number of nitrogens with one attached hydrogen (secondary N) is 2. The molecule has 0 heterocycles. The average Bonchev–Trinajstić information content (AvgIpc) is 2.65. The van der Waals surface area contributed by atoms with E-state index < -0.39 is 0 Å². The molecule has 156 valence electrons. The van der Waals surface area contributed by atoms with Crippen molar-refractivity contribution < 1.29 is 9.59 Å². The van der Waals surface area contributed by atoms with Gasteiger partial charge < -0.3 is 15.5 Å². The van der Waals surface area contributed by atoms with Crippen LogP contribution in [0, 0.1) is 20.8 Å². The molecule has 0 saturated heterocycles.